The molecule has 0 aliphatic carbocycles. The minimum absolute atomic E-state index is 0.576. The maximum atomic E-state index is 4.28. The van der Waals surface area contributed by atoms with Crippen molar-refractivity contribution in [2.45, 2.75) is 45.6 Å². The summed E-state index contributed by atoms with van der Waals surface area (Å²) in [5, 5.41) is 11.9. The Labute approximate surface area is 91.1 Å². The number of hydrogen-bond donors (Lipinski definition) is 1. The second kappa shape index (κ2) is 4.75. The van der Waals surface area contributed by atoms with E-state index in [4.69, 9.17) is 0 Å². The third-order valence-corrected chi connectivity index (χ3v) is 3.09. The summed E-state index contributed by atoms with van der Waals surface area (Å²) < 4.78 is 2.33. The van der Waals surface area contributed by atoms with E-state index in [1.165, 1.54) is 25.1 Å². The summed E-state index contributed by atoms with van der Waals surface area (Å²) in [4.78, 5) is 0. The van der Waals surface area contributed by atoms with Crippen molar-refractivity contribution in [3.8, 4) is 0 Å². The Morgan fingerprint density at radius 1 is 1.47 bits per heavy atom. The largest absolute Gasteiger partial charge is 0.315 e. The Bertz CT molecular complexity index is 312. The topological polar surface area (TPSA) is 42.7 Å². The summed E-state index contributed by atoms with van der Waals surface area (Å²) in [5.41, 5.74) is 0. The second-order valence-electron chi connectivity index (χ2n) is 4.28. The van der Waals surface area contributed by atoms with Crippen LogP contribution in [0.2, 0.25) is 0 Å². The van der Waals surface area contributed by atoms with Gasteiger partial charge in [0.1, 0.15) is 11.6 Å². The maximum Gasteiger partial charge on any atom is 0.133 e. The molecule has 1 fully saturated rings. The van der Waals surface area contributed by atoms with Gasteiger partial charge in [-0.3, -0.25) is 0 Å². The normalized spacial score (nSPS) is 21.1. The molecule has 0 saturated carbocycles. The minimum atomic E-state index is 0.576. The molecule has 1 atom stereocenters. The summed E-state index contributed by atoms with van der Waals surface area (Å²) in [5.74, 6) is 2.23. The van der Waals surface area contributed by atoms with Crippen LogP contribution in [-0.2, 0) is 6.42 Å². The van der Waals surface area contributed by atoms with Crippen LogP contribution >= 0.6 is 0 Å². The number of nitrogens with zero attached hydrogens (tertiary/aromatic N) is 3. The van der Waals surface area contributed by atoms with Gasteiger partial charge in [-0.25, -0.2) is 0 Å². The molecule has 0 aromatic carbocycles. The van der Waals surface area contributed by atoms with Crippen LogP contribution in [0.4, 0.5) is 0 Å². The van der Waals surface area contributed by atoms with Crippen LogP contribution in [0.5, 0.6) is 0 Å². The third kappa shape index (κ3) is 2.20. The van der Waals surface area contributed by atoms with Crippen LogP contribution in [-0.4, -0.2) is 27.9 Å². The number of unbranched alkanes of at least 4 members (excludes halogenated alkanes) is 1. The fraction of sp³-hybridized carbons (Fsp3) is 0.818. The maximum absolute atomic E-state index is 4.28. The van der Waals surface area contributed by atoms with Crippen molar-refractivity contribution in [2.75, 3.05) is 13.1 Å². The van der Waals surface area contributed by atoms with Crippen molar-refractivity contribution in [2.24, 2.45) is 0 Å². The summed E-state index contributed by atoms with van der Waals surface area (Å²) >= 11 is 0. The van der Waals surface area contributed by atoms with Crippen molar-refractivity contribution < 1.29 is 0 Å². The van der Waals surface area contributed by atoms with Gasteiger partial charge >= 0.3 is 0 Å². The van der Waals surface area contributed by atoms with Gasteiger partial charge in [-0.05, 0) is 26.3 Å². The van der Waals surface area contributed by atoms with Crippen LogP contribution in [0.15, 0.2) is 0 Å². The highest BCUT2D eigenvalue weighted by atomic mass is 15.3. The number of hydrogen-bond acceptors (Lipinski definition) is 3. The van der Waals surface area contributed by atoms with E-state index in [-0.39, 0.29) is 0 Å². The molecule has 1 aromatic rings. The molecular weight excluding hydrogens is 188 g/mol. The predicted octanol–water partition coefficient (Wildman–Crippen LogP) is 1.46. The molecule has 0 bridgehead atoms. The zero-order valence-electron chi connectivity index (χ0n) is 9.66. The lowest BCUT2D eigenvalue weighted by Crippen LogP contribution is -2.17. The van der Waals surface area contributed by atoms with Gasteiger partial charge < -0.3 is 9.88 Å². The Morgan fingerprint density at radius 3 is 3.00 bits per heavy atom. The Morgan fingerprint density at radius 2 is 2.33 bits per heavy atom. The molecule has 1 aromatic heterocycles. The lowest BCUT2D eigenvalue weighted by atomic mass is 10.2. The second-order valence-corrected chi connectivity index (χ2v) is 4.28. The van der Waals surface area contributed by atoms with Crippen molar-refractivity contribution in [3.63, 3.8) is 0 Å². The highest BCUT2D eigenvalue weighted by molar-refractivity contribution is 4.99. The van der Waals surface area contributed by atoms with Gasteiger partial charge in [0.25, 0.3) is 0 Å². The number of nitrogens with one attached hydrogen (secondary N) is 1. The number of aryl methyl sites for hydroxylation is 2. The fourth-order valence-corrected chi connectivity index (χ4v) is 2.25. The molecule has 0 radical (unpaired) electrons. The van der Waals surface area contributed by atoms with Gasteiger partial charge in [-0.1, -0.05) is 13.3 Å². The van der Waals surface area contributed by atoms with Gasteiger partial charge in [0.05, 0.1) is 6.04 Å². The molecule has 15 heavy (non-hydrogen) atoms. The first-order valence-corrected chi connectivity index (χ1v) is 5.94. The van der Waals surface area contributed by atoms with Gasteiger partial charge in [-0.15, -0.1) is 10.2 Å². The molecule has 0 spiro atoms. The molecule has 1 aliphatic rings. The van der Waals surface area contributed by atoms with E-state index < -0.39 is 0 Å². The van der Waals surface area contributed by atoms with E-state index >= 15 is 0 Å². The molecule has 1 saturated heterocycles. The molecule has 84 valence electrons. The summed E-state index contributed by atoms with van der Waals surface area (Å²) in [7, 11) is 0. The molecule has 2 heterocycles. The van der Waals surface area contributed by atoms with E-state index in [1.807, 2.05) is 0 Å². The van der Waals surface area contributed by atoms with Gasteiger partial charge in [0.2, 0.25) is 0 Å². The zero-order chi connectivity index (χ0) is 10.7. The van der Waals surface area contributed by atoms with Gasteiger partial charge in [0.15, 0.2) is 0 Å². The molecule has 4 heteroatoms. The third-order valence-electron chi connectivity index (χ3n) is 3.09. The smallest absolute Gasteiger partial charge is 0.133 e. The average Bonchev–Trinajstić information content (AvgIpc) is 2.84. The lowest BCUT2D eigenvalue weighted by Gasteiger charge is -2.14. The predicted molar refractivity (Wildman–Crippen MR) is 59.9 cm³/mol. The van der Waals surface area contributed by atoms with Crippen LogP contribution in [0.25, 0.3) is 0 Å². The van der Waals surface area contributed by atoms with Crippen LogP contribution in [0.3, 0.4) is 0 Å². The van der Waals surface area contributed by atoms with E-state index in [1.54, 1.807) is 0 Å². The lowest BCUT2D eigenvalue weighted by molar-refractivity contribution is 0.506. The quantitative estimate of drug-likeness (QED) is 0.814. The minimum Gasteiger partial charge on any atom is -0.315 e. The molecular formula is C11H20N4. The number of aromatic nitrogens is 3. The average molecular weight is 208 g/mol. The van der Waals surface area contributed by atoms with Crippen molar-refractivity contribution in [1.29, 1.82) is 0 Å². The molecule has 1 unspecified atom stereocenters. The van der Waals surface area contributed by atoms with Crippen LogP contribution in [0.1, 0.15) is 43.9 Å². The van der Waals surface area contributed by atoms with Crippen molar-refractivity contribution >= 4 is 0 Å². The zero-order valence-corrected chi connectivity index (χ0v) is 9.66. The van der Waals surface area contributed by atoms with Crippen LogP contribution in [0, 0.1) is 6.92 Å². The summed E-state index contributed by atoms with van der Waals surface area (Å²) in [6, 6.07) is 0.576. The summed E-state index contributed by atoms with van der Waals surface area (Å²) in [6.45, 7) is 6.46. The van der Waals surface area contributed by atoms with Crippen molar-refractivity contribution in [3.05, 3.63) is 11.6 Å². The first-order valence-electron chi connectivity index (χ1n) is 5.94. The molecule has 1 aliphatic heterocycles. The highest BCUT2D eigenvalue weighted by Crippen LogP contribution is 2.19. The first-order chi connectivity index (χ1) is 7.33. The molecule has 1 N–H and O–H groups in total. The van der Waals surface area contributed by atoms with Gasteiger partial charge in [0, 0.05) is 13.0 Å². The monoisotopic (exact) mass is 208 g/mol. The number of rotatable bonds is 4. The standard InChI is InChI=1S/C11H20N4/c1-3-4-5-11-14-13-9(2)15(11)10-6-7-12-8-10/h10,12H,3-8H2,1-2H3. The summed E-state index contributed by atoms with van der Waals surface area (Å²) in [6.07, 6.45) is 4.69. The highest BCUT2D eigenvalue weighted by Gasteiger charge is 2.21. The van der Waals surface area contributed by atoms with Crippen molar-refractivity contribution in [1.82, 2.24) is 20.1 Å². The first kappa shape index (κ1) is 10.6. The Hall–Kier alpha value is -0.900. The Kier molecular flexibility index (Phi) is 3.36. The fourth-order valence-electron chi connectivity index (χ4n) is 2.25. The molecule has 0 amide bonds. The molecule has 2 rings (SSSR count). The van der Waals surface area contributed by atoms with Crippen LogP contribution < -0.4 is 5.32 Å². The molecule has 4 nitrogen and oxygen atoms in total. The Balaban J connectivity index is 2.15. The van der Waals surface area contributed by atoms with E-state index in [2.05, 4.69) is 33.9 Å². The van der Waals surface area contributed by atoms with E-state index in [0.29, 0.717) is 6.04 Å². The van der Waals surface area contributed by atoms with E-state index in [9.17, 15) is 0 Å². The van der Waals surface area contributed by atoms with E-state index in [0.717, 1.165) is 25.3 Å². The van der Waals surface area contributed by atoms with Gasteiger partial charge in [-0.2, -0.15) is 0 Å². The SMILES string of the molecule is CCCCc1nnc(C)n1C1CCNC1.